The number of aryl methyl sites for hydroxylation is 2. The van der Waals surface area contributed by atoms with Crippen molar-refractivity contribution in [2.75, 3.05) is 5.32 Å². The van der Waals surface area contributed by atoms with Gasteiger partial charge in [-0.3, -0.25) is 0 Å². The highest BCUT2D eigenvalue weighted by molar-refractivity contribution is 7.18. The lowest BCUT2D eigenvalue weighted by Crippen LogP contribution is -1.98. The van der Waals surface area contributed by atoms with E-state index in [0.717, 1.165) is 22.2 Å². The Morgan fingerprint density at radius 1 is 1.22 bits per heavy atom. The van der Waals surface area contributed by atoms with Crippen molar-refractivity contribution < 1.29 is 0 Å². The number of rotatable bonds is 3. The first-order valence-corrected chi connectivity index (χ1v) is 7.36. The minimum atomic E-state index is 0.805. The molecule has 3 nitrogen and oxygen atoms in total. The zero-order chi connectivity index (χ0) is 12.5. The van der Waals surface area contributed by atoms with Crippen molar-refractivity contribution in [3.8, 4) is 0 Å². The zero-order valence-corrected chi connectivity index (χ0v) is 11.9. The highest BCUT2D eigenvalue weighted by Gasteiger charge is 2.02. The van der Waals surface area contributed by atoms with E-state index in [9.17, 15) is 0 Å². The van der Waals surface area contributed by atoms with Gasteiger partial charge in [-0.05, 0) is 31.5 Å². The molecule has 3 aromatic rings. The predicted molar refractivity (Wildman–Crippen MR) is 78.5 cm³/mol. The average molecular weight is 275 g/mol. The molecule has 2 heterocycles. The van der Waals surface area contributed by atoms with Gasteiger partial charge in [0.25, 0.3) is 0 Å². The third-order valence-electron chi connectivity index (χ3n) is 2.62. The number of nitrogens with one attached hydrogen (secondary N) is 1. The van der Waals surface area contributed by atoms with E-state index < -0.39 is 0 Å². The summed E-state index contributed by atoms with van der Waals surface area (Å²) in [4.78, 5) is 9.99. The van der Waals surface area contributed by atoms with Gasteiger partial charge in [0.2, 0.25) is 0 Å². The van der Waals surface area contributed by atoms with Gasteiger partial charge in [-0.1, -0.05) is 6.07 Å². The highest BCUT2D eigenvalue weighted by atomic mass is 32.1. The Morgan fingerprint density at radius 3 is 2.89 bits per heavy atom. The third-order valence-corrected chi connectivity index (χ3v) is 4.43. The number of hydrogen-bond donors (Lipinski definition) is 1. The number of fused-ring (bicyclic) bond motifs is 1. The van der Waals surface area contributed by atoms with E-state index in [1.54, 1.807) is 22.7 Å². The second-order valence-corrected chi connectivity index (χ2v) is 6.63. The summed E-state index contributed by atoms with van der Waals surface area (Å²) in [5.74, 6) is 0. The molecule has 1 aromatic carbocycles. The highest BCUT2D eigenvalue weighted by Crippen LogP contribution is 2.23. The quantitative estimate of drug-likeness (QED) is 0.785. The van der Waals surface area contributed by atoms with Gasteiger partial charge < -0.3 is 5.32 Å². The number of aromatic nitrogens is 2. The van der Waals surface area contributed by atoms with Gasteiger partial charge in [0.15, 0.2) is 5.13 Å². The number of hydrogen-bond acceptors (Lipinski definition) is 5. The number of anilines is 1. The minimum Gasteiger partial charge on any atom is -0.357 e. The number of benzene rings is 1. The Bertz CT molecular complexity index is 684. The first kappa shape index (κ1) is 11.6. The Kier molecular flexibility index (Phi) is 3.01. The topological polar surface area (TPSA) is 37.8 Å². The van der Waals surface area contributed by atoms with Gasteiger partial charge in [0.05, 0.1) is 15.2 Å². The van der Waals surface area contributed by atoms with E-state index in [0.29, 0.717) is 0 Å². The molecule has 0 saturated heterocycles. The maximum Gasteiger partial charge on any atom is 0.183 e. The van der Waals surface area contributed by atoms with Crippen molar-refractivity contribution in [1.82, 2.24) is 9.97 Å². The molecular weight excluding hydrogens is 262 g/mol. The second-order valence-electron chi connectivity index (χ2n) is 4.16. The predicted octanol–water partition coefficient (Wildman–Crippen LogP) is 3.98. The molecule has 5 heteroatoms. The van der Waals surface area contributed by atoms with Gasteiger partial charge >= 0.3 is 0 Å². The molecule has 0 radical (unpaired) electrons. The van der Waals surface area contributed by atoms with Crippen LogP contribution in [0.5, 0.6) is 0 Å². The van der Waals surface area contributed by atoms with Crippen molar-refractivity contribution in [2.45, 2.75) is 20.4 Å². The summed E-state index contributed by atoms with van der Waals surface area (Å²) in [6.45, 7) is 4.91. The number of thiazole rings is 2. The van der Waals surface area contributed by atoms with Crippen LogP contribution in [0.2, 0.25) is 0 Å². The van der Waals surface area contributed by atoms with E-state index >= 15 is 0 Å². The SMILES string of the molecule is Cc1cnc(NCc2ccc3nc(C)sc3c2)s1. The summed E-state index contributed by atoms with van der Waals surface area (Å²) in [6.07, 6.45) is 1.89. The lowest BCUT2D eigenvalue weighted by Gasteiger charge is -2.02. The summed E-state index contributed by atoms with van der Waals surface area (Å²) in [5, 5.41) is 5.44. The molecular formula is C13H13N3S2. The molecule has 0 aliphatic carbocycles. The Hall–Kier alpha value is -1.46. The van der Waals surface area contributed by atoms with Crippen LogP contribution < -0.4 is 5.32 Å². The first-order valence-electron chi connectivity index (χ1n) is 5.73. The fourth-order valence-corrected chi connectivity index (χ4v) is 3.36. The van der Waals surface area contributed by atoms with Crippen molar-refractivity contribution in [1.29, 1.82) is 0 Å². The molecule has 0 fully saturated rings. The summed E-state index contributed by atoms with van der Waals surface area (Å²) in [7, 11) is 0. The third kappa shape index (κ3) is 2.37. The summed E-state index contributed by atoms with van der Waals surface area (Å²) in [6, 6.07) is 6.41. The molecule has 0 aliphatic rings. The molecule has 0 aliphatic heterocycles. The Morgan fingerprint density at radius 2 is 2.11 bits per heavy atom. The molecule has 0 unspecified atom stereocenters. The van der Waals surface area contributed by atoms with Gasteiger partial charge in [-0.25, -0.2) is 9.97 Å². The monoisotopic (exact) mass is 275 g/mol. The smallest absolute Gasteiger partial charge is 0.183 e. The number of nitrogens with zero attached hydrogens (tertiary/aromatic N) is 2. The van der Waals surface area contributed by atoms with E-state index in [1.165, 1.54) is 15.1 Å². The Balaban J connectivity index is 1.78. The fourth-order valence-electron chi connectivity index (χ4n) is 1.81. The first-order chi connectivity index (χ1) is 8.70. The molecule has 0 spiro atoms. The molecule has 3 rings (SSSR count). The average Bonchev–Trinajstić information content (AvgIpc) is 2.90. The molecule has 18 heavy (non-hydrogen) atoms. The summed E-state index contributed by atoms with van der Waals surface area (Å²) < 4.78 is 1.25. The molecule has 0 bridgehead atoms. The van der Waals surface area contributed by atoms with Gasteiger partial charge in [0.1, 0.15) is 0 Å². The minimum absolute atomic E-state index is 0.805. The lowest BCUT2D eigenvalue weighted by molar-refractivity contribution is 1.14. The molecule has 0 saturated carbocycles. The molecule has 0 atom stereocenters. The molecule has 92 valence electrons. The van der Waals surface area contributed by atoms with Crippen molar-refractivity contribution in [3.63, 3.8) is 0 Å². The van der Waals surface area contributed by atoms with E-state index in [4.69, 9.17) is 0 Å². The normalized spacial score (nSPS) is 11.0. The summed E-state index contributed by atoms with van der Waals surface area (Å²) >= 11 is 3.42. The standard InChI is InChI=1S/C13H13N3S2/c1-8-6-14-13(17-8)15-7-10-3-4-11-12(5-10)18-9(2)16-11/h3-6H,7H2,1-2H3,(H,14,15). The van der Waals surface area contributed by atoms with Gasteiger partial charge in [-0.2, -0.15) is 0 Å². The van der Waals surface area contributed by atoms with Crippen LogP contribution in [-0.4, -0.2) is 9.97 Å². The van der Waals surface area contributed by atoms with Crippen molar-refractivity contribution in [2.24, 2.45) is 0 Å². The van der Waals surface area contributed by atoms with Crippen molar-refractivity contribution >= 4 is 38.0 Å². The molecule has 1 N–H and O–H groups in total. The van der Waals surface area contributed by atoms with Crippen LogP contribution >= 0.6 is 22.7 Å². The maximum atomic E-state index is 4.46. The van der Waals surface area contributed by atoms with E-state index in [2.05, 4.69) is 40.4 Å². The van der Waals surface area contributed by atoms with E-state index in [1.807, 2.05) is 13.1 Å². The van der Waals surface area contributed by atoms with Crippen molar-refractivity contribution in [3.05, 3.63) is 39.8 Å². The van der Waals surface area contributed by atoms with Crippen LogP contribution in [0.3, 0.4) is 0 Å². The van der Waals surface area contributed by atoms with Gasteiger partial charge in [-0.15, -0.1) is 22.7 Å². The van der Waals surface area contributed by atoms with Crippen LogP contribution in [0, 0.1) is 13.8 Å². The van der Waals surface area contributed by atoms with Crippen LogP contribution in [0.15, 0.2) is 24.4 Å². The fraction of sp³-hybridized carbons (Fsp3) is 0.231. The van der Waals surface area contributed by atoms with Crippen LogP contribution in [0.4, 0.5) is 5.13 Å². The van der Waals surface area contributed by atoms with E-state index in [-0.39, 0.29) is 0 Å². The lowest BCUT2D eigenvalue weighted by atomic mass is 10.2. The molecule has 2 aromatic heterocycles. The van der Waals surface area contributed by atoms with Crippen LogP contribution in [-0.2, 0) is 6.54 Å². The Labute approximate surface area is 114 Å². The largest absolute Gasteiger partial charge is 0.357 e. The van der Waals surface area contributed by atoms with Gasteiger partial charge in [0, 0.05) is 17.6 Å². The van der Waals surface area contributed by atoms with Crippen LogP contribution in [0.1, 0.15) is 15.4 Å². The zero-order valence-electron chi connectivity index (χ0n) is 10.2. The van der Waals surface area contributed by atoms with Crippen LogP contribution in [0.25, 0.3) is 10.2 Å². The molecule has 0 amide bonds. The second kappa shape index (κ2) is 4.66. The maximum absolute atomic E-state index is 4.46. The summed E-state index contributed by atoms with van der Waals surface area (Å²) in [5.41, 5.74) is 2.35.